The molecule has 3 rings (SSSR count). The first-order valence-electron chi connectivity index (χ1n) is 8.01. The lowest BCUT2D eigenvalue weighted by Crippen LogP contribution is -1.92. The van der Waals surface area contributed by atoms with Gasteiger partial charge in [-0.1, -0.05) is 70.2 Å². The molecule has 0 saturated carbocycles. The van der Waals surface area contributed by atoms with Crippen molar-refractivity contribution in [2.24, 2.45) is 0 Å². The van der Waals surface area contributed by atoms with E-state index >= 15 is 0 Å². The Morgan fingerprint density at radius 2 is 1.14 bits per heavy atom. The summed E-state index contributed by atoms with van der Waals surface area (Å²) in [6, 6.07) is 15.7. The van der Waals surface area contributed by atoms with Crippen LogP contribution in [0.2, 0.25) is 0 Å². The van der Waals surface area contributed by atoms with Gasteiger partial charge in [0.25, 0.3) is 0 Å². The molecule has 0 aliphatic rings. The highest BCUT2D eigenvalue weighted by atomic mass is 14.1. The summed E-state index contributed by atoms with van der Waals surface area (Å²) in [5.41, 5.74) is 4.22. The SMILES string of the molecule is CC.Cc1c2ccccc2c(C)c2cc(C(C)C)ccc12. The van der Waals surface area contributed by atoms with E-state index in [0.717, 1.165) is 0 Å². The van der Waals surface area contributed by atoms with Crippen LogP contribution in [0.5, 0.6) is 0 Å². The Bertz CT molecular complexity index is 764. The van der Waals surface area contributed by atoms with E-state index in [4.69, 9.17) is 0 Å². The molecular formula is C21H26. The monoisotopic (exact) mass is 278 g/mol. The van der Waals surface area contributed by atoms with Crippen LogP contribution in [0.15, 0.2) is 42.5 Å². The predicted molar refractivity (Wildman–Crippen MR) is 96.4 cm³/mol. The Kier molecular flexibility index (Phi) is 4.67. The van der Waals surface area contributed by atoms with Crippen molar-refractivity contribution in [2.45, 2.75) is 47.5 Å². The zero-order valence-electron chi connectivity index (χ0n) is 14.1. The van der Waals surface area contributed by atoms with Gasteiger partial charge in [-0.15, -0.1) is 0 Å². The predicted octanol–water partition coefficient (Wildman–Crippen LogP) is 6.76. The van der Waals surface area contributed by atoms with Crippen LogP contribution in [0.4, 0.5) is 0 Å². The number of rotatable bonds is 1. The largest absolute Gasteiger partial charge is 0.0683 e. The molecule has 0 heterocycles. The minimum atomic E-state index is 0.579. The lowest BCUT2D eigenvalue weighted by molar-refractivity contribution is 0.868. The van der Waals surface area contributed by atoms with E-state index in [1.165, 1.54) is 38.2 Å². The standard InChI is InChI=1S/C19H20.C2H6/c1-12(2)15-9-10-18-13(3)16-7-5-6-8-17(16)14(4)19(18)11-15;1-2/h5-12H,1-4H3;1-2H3. The molecule has 0 heteroatoms. The van der Waals surface area contributed by atoms with E-state index in [1.807, 2.05) is 13.8 Å². The summed E-state index contributed by atoms with van der Waals surface area (Å²) in [5, 5.41) is 5.56. The molecule has 21 heavy (non-hydrogen) atoms. The molecule has 110 valence electrons. The number of fused-ring (bicyclic) bond motifs is 2. The molecule has 0 aliphatic carbocycles. The molecule has 0 atom stereocenters. The Balaban J connectivity index is 0.000000774. The maximum atomic E-state index is 2.37. The highest BCUT2D eigenvalue weighted by Gasteiger charge is 2.09. The lowest BCUT2D eigenvalue weighted by atomic mass is 9.90. The topological polar surface area (TPSA) is 0 Å². The van der Waals surface area contributed by atoms with Crippen molar-refractivity contribution in [3.63, 3.8) is 0 Å². The Morgan fingerprint density at radius 1 is 0.667 bits per heavy atom. The second kappa shape index (κ2) is 6.30. The molecule has 0 N–H and O–H groups in total. The molecule has 0 nitrogen and oxygen atoms in total. The van der Waals surface area contributed by atoms with Crippen molar-refractivity contribution in [3.8, 4) is 0 Å². The first kappa shape index (κ1) is 15.6. The summed E-state index contributed by atoms with van der Waals surface area (Å²) in [7, 11) is 0. The fourth-order valence-electron chi connectivity index (χ4n) is 2.99. The van der Waals surface area contributed by atoms with Crippen molar-refractivity contribution in [1.82, 2.24) is 0 Å². The molecule has 0 radical (unpaired) electrons. The first-order chi connectivity index (χ1) is 10.1. The van der Waals surface area contributed by atoms with Crippen molar-refractivity contribution < 1.29 is 0 Å². The van der Waals surface area contributed by atoms with Crippen LogP contribution < -0.4 is 0 Å². The van der Waals surface area contributed by atoms with Gasteiger partial charge < -0.3 is 0 Å². The second-order valence-corrected chi connectivity index (χ2v) is 5.76. The van der Waals surface area contributed by atoms with Crippen molar-refractivity contribution in [2.75, 3.05) is 0 Å². The van der Waals surface area contributed by atoms with E-state index in [1.54, 1.807) is 0 Å². The van der Waals surface area contributed by atoms with Crippen LogP contribution in [-0.4, -0.2) is 0 Å². The Labute approximate surface area is 128 Å². The summed E-state index contributed by atoms with van der Waals surface area (Å²) < 4.78 is 0. The van der Waals surface area contributed by atoms with Gasteiger partial charge in [0, 0.05) is 0 Å². The molecule has 0 amide bonds. The summed E-state index contributed by atoms with van der Waals surface area (Å²) in [6.45, 7) is 13.0. The van der Waals surface area contributed by atoms with Gasteiger partial charge in [0.2, 0.25) is 0 Å². The van der Waals surface area contributed by atoms with Gasteiger partial charge >= 0.3 is 0 Å². The van der Waals surface area contributed by atoms with E-state index in [2.05, 4.69) is 70.2 Å². The van der Waals surface area contributed by atoms with Crippen molar-refractivity contribution in [3.05, 3.63) is 59.2 Å². The number of hydrogen-bond donors (Lipinski definition) is 0. The van der Waals surface area contributed by atoms with E-state index in [-0.39, 0.29) is 0 Å². The van der Waals surface area contributed by atoms with Gasteiger partial charge in [-0.05, 0) is 58.0 Å². The quantitative estimate of drug-likeness (QED) is 0.431. The third-order valence-electron chi connectivity index (χ3n) is 4.25. The van der Waals surface area contributed by atoms with Gasteiger partial charge in [0.1, 0.15) is 0 Å². The average Bonchev–Trinajstić information content (AvgIpc) is 2.54. The van der Waals surface area contributed by atoms with Crippen LogP contribution in [0.3, 0.4) is 0 Å². The van der Waals surface area contributed by atoms with Crippen molar-refractivity contribution >= 4 is 21.5 Å². The molecule has 0 aromatic heterocycles. The molecule has 3 aromatic carbocycles. The molecule has 0 unspecified atom stereocenters. The maximum absolute atomic E-state index is 2.37. The molecule has 0 spiro atoms. The van der Waals surface area contributed by atoms with Gasteiger partial charge in [0.05, 0.1) is 0 Å². The Morgan fingerprint density at radius 3 is 1.67 bits per heavy atom. The Hall–Kier alpha value is -1.82. The molecular weight excluding hydrogens is 252 g/mol. The summed E-state index contributed by atoms with van der Waals surface area (Å²) in [6.07, 6.45) is 0. The minimum absolute atomic E-state index is 0.579. The van der Waals surface area contributed by atoms with Crippen LogP contribution in [0, 0.1) is 13.8 Å². The van der Waals surface area contributed by atoms with Gasteiger partial charge in [-0.25, -0.2) is 0 Å². The first-order valence-corrected chi connectivity index (χ1v) is 8.01. The summed E-state index contributed by atoms with van der Waals surface area (Å²) >= 11 is 0. The number of benzene rings is 3. The van der Waals surface area contributed by atoms with Crippen molar-refractivity contribution in [1.29, 1.82) is 0 Å². The third-order valence-corrected chi connectivity index (χ3v) is 4.25. The molecule has 3 aromatic rings. The van der Waals surface area contributed by atoms with E-state index in [0.29, 0.717) is 5.92 Å². The highest BCUT2D eigenvalue weighted by molar-refractivity contribution is 6.05. The highest BCUT2D eigenvalue weighted by Crippen LogP contribution is 2.33. The minimum Gasteiger partial charge on any atom is -0.0683 e. The zero-order chi connectivity index (χ0) is 15.6. The number of hydrogen-bond acceptors (Lipinski definition) is 0. The number of aryl methyl sites for hydroxylation is 2. The van der Waals surface area contributed by atoms with E-state index < -0.39 is 0 Å². The maximum Gasteiger partial charge on any atom is -0.0143 e. The average molecular weight is 278 g/mol. The second-order valence-electron chi connectivity index (χ2n) is 5.76. The summed E-state index contributed by atoms with van der Waals surface area (Å²) in [5.74, 6) is 0.579. The van der Waals surface area contributed by atoms with Crippen LogP contribution >= 0.6 is 0 Å². The van der Waals surface area contributed by atoms with Crippen LogP contribution in [-0.2, 0) is 0 Å². The third kappa shape index (κ3) is 2.68. The zero-order valence-corrected chi connectivity index (χ0v) is 14.1. The van der Waals surface area contributed by atoms with Gasteiger partial charge in [-0.3, -0.25) is 0 Å². The van der Waals surface area contributed by atoms with Crippen LogP contribution in [0.25, 0.3) is 21.5 Å². The van der Waals surface area contributed by atoms with E-state index in [9.17, 15) is 0 Å². The molecule has 0 bridgehead atoms. The molecule has 0 saturated heterocycles. The van der Waals surface area contributed by atoms with Crippen LogP contribution in [0.1, 0.15) is 50.3 Å². The van der Waals surface area contributed by atoms with Gasteiger partial charge in [-0.2, -0.15) is 0 Å². The fourth-order valence-corrected chi connectivity index (χ4v) is 2.99. The lowest BCUT2D eigenvalue weighted by Gasteiger charge is -2.14. The summed E-state index contributed by atoms with van der Waals surface area (Å²) in [4.78, 5) is 0. The normalized spacial score (nSPS) is 10.8. The van der Waals surface area contributed by atoms with Gasteiger partial charge in [0.15, 0.2) is 0 Å². The smallest absolute Gasteiger partial charge is 0.0143 e. The molecule has 0 fully saturated rings. The fraction of sp³-hybridized carbons (Fsp3) is 0.333. The molecule has 0 aliphatic heterocycles.